The minimum Gasteiger partial charge on any atom is -0.349 e. The lowest BCUT2D eigenvalue weighted by atomic mass is 10.3. The van der Waals surface area contributed by atoms with Crippen molar-refractivity contribution in [2.45, 2.75) is 13.3 Å². The Hall–Kier alpha value is -1.42. The van der Waals surface area contributed by atoms with Crippen molar-refractivity contribution in [2.24, 2.45) is 0 Å². The molecule has 0 saturated carbocycles. The van der Waals surface area contributed by atoms with Gasteiger partial charge in [-0.1, -0.05) is 13.0 Å². The van der Waals surface area contributed by atoms with Gasteiger partial charge in [0.05, 0.1) is 0 Å². The van der Waals surface area contributed by atoms with Crippen LogP contribution >= 0.6 is 0 Å². The van der Waals surface area contributed by atoms with Crippen molar-refractivity contribution in [3.63, 3.8) is 0 Å². The molecule has 0 saturated heterocycles. The average Bonchev–Trinajstić information content (AvgIpc) is 2.30. The van der Waals surface area contributed by atoms with Crippen LogP contribution in [0.3, 0.4) is 0 Å². The number of rotatable bonds is 6. The van der Waals surface area contributed by atoms with E-state index < -0.39 is 0 Å². The molecule has 1 rings (SSSR count). The maximum Gasteiger partial charge on any atom is 0.269 e. The van der Waals surface area contributed by atoms with Gasteiger partial charge in [0.2, 0.25) is 0 Å². The van der Waals surface area contributed by atoms with Crippen LogP contribution in [0.25, 0.3) is 0 Å². The van der Waals surface area contributed by atoms with Crippen molar-refractivity contribution in [3.05, 3.63) is 30.1 Å². The summed E-state index contributed by atoms with van der Waals surface area (Å²) < 4.78 is 0. The first-order chi connectivity index (χ1) is 7.34. The molecular weight excluding hydrogens is 190 g/mol. The molecule has 4 heteroatoms. The summed E-state index contributed by atoms with van der Waals surface area (Å²) in [4.78, 5) is 15.4. The number of carbonyl (C=O) groups is 1. The highest BCUT2D eigenvalue weighted by Gasteiger charge is 2.03. The Labute approximate surface area is 90.1 Å². The monoisotopic (exact) mass is 207 g/mol. The largest absolute Gasteiger partial charge is 0.349 e. The van der Waals surface area contributed by atoms with E-state index in [1.807, 2.05) is 0 Å². The van der Waals surface area contributed by atoms with Crippen LogP contribution in [0.5, 0.6) is 0 Å². The number of carbonyl (C=O) groups excluding carboxylic acids is 1. The van der Waals surface area contributed by atoms with E-state index >= 15 is 0 Å². The van der Waals surface area contributed by atoms with Gasteiger partial charge < -0.3 is 10.6 Å². The standard InChI is InChI=1S/C11H17N3O/c1-2-6-12-8-9-14-11(15)10-5-3-4-7-13-10/h3-5,7,12H,2,6,8-9H2,1H3,(H,14,15). The lowest BCUT2D eigenvalue weighted by molar-refractivity contribution is 0.0949. The molecule has 0 bridgehead atoms. The molecule has 0 aliphatic carbocycles. The third-order valence-corrected chi connectivity index (χ3v) is 1.91. The smallest absolute Gasteiger partial charge is 0.269 e. The van der Waals surface area contributed by atoms with Gasteiger partial charge in [-0.15, -0.1) is 0 Å². The molecule has 82 valence electrons. The summed E-state index contributed by atoms with van der Waals surface area (Å²) in [5.74, 6) is -0.117. The van der Waals surface area contributed by atoms with Crippen molar-refractivity contribution in [1.29, 1.82) is 0 Å². The lowest BCUT2D eigenvalue weighted by Gasteiger charge is -2.05. The van der Waals surface area contributed by atoms with Gasteiger partial charge in [0.1, 0.15) is 5.69 Å². The van der Waals surface area contributed by atoms with Crippen molar-refractivity contribution < 1.29 is 4.79 Å². The average molecular weight is 207 g/mol. The van der Waals surface area contributed by atoms with E-state index in [-0.39, 0.29) is 5.91 Å². The molecule has 1 heterocycles. The zero-order valence-corrected chi connectivity index (χ0v) is 8.99. The molecule has 2 N–H and O–H groups in total. The first kappa shape index (κ1) is 11.7. The maximum absolute atomic E-state index is 11.5. The molecular formula is C11H17N3O. The van der Waals surface area contributed by atoms with Gasteiger partial charge in [-0.3, -0.25) is 9.78 Å². The molecule has 0 atom stereocenters. The molecule has 1 aromatic rings. The number of nitrogens with one attached hydrogen (secondary N) is 2. The molecule has 0 aromatic carbocycles. The first-order valence-electron chi connectivity index (χ1n) is 5.24. The summed E-state index contributed by atoms with van der Waals surface area (Å²) in [6.45, 7) is 4.53. The van der Waals surface area contributed by atoms with Crippen LogP contribution in [0.1, 0.15) is 23.8 Å². The molecule has 0 aliphatic heterocycles. The number of hydrogen-bond donors (Lipinski definition) is 2. The van der Waals surface area contributed by atoms with Gasteiger partial charge in [0.15, 0.2) is 0 Å². The molecule has 0 radical (unpaired) electrons. The predicted molar refractivity (Wildman–Crippen MR) is 59.7 cm³/mol. The fourth-order valence-electron chi connectivity index (χ4n) is 1.15. The quantitative estimate of drug-likeness (QED) is 0.679. The van der Waals surface area contributed by atoms with Crippen molar-refractivity contribution in [1.82, 2.24) is 15.6 Å². The summed E-state index contributed by atoms with van der Waals surface area (Å²) in [5.41, 5.74) is 0.466. The number of amides is 1. The third-order valence-electron chi connectivity index (χ3n) is 1.91. The van der Waals surface area contributed by atoms with E-state index in [1.54, 1.807) is 24.4 Å². The molecule has 0 unspecified atom stereocenters. The van der Waals surface area contributed by atoms with Gasteiger partial charge in [-0.2, -0.15) is 0 Å². The number of pyridine rings is 1. The Morgan fingerprint density at radius 1 is 1.33 bits per heavy atom. The van der Waals surface area contributed by atoms with Gasteiger partial charge in [-0.25, -0.2) is 0 Å². The van der Waals surface area contributed by atoms with Crippen molar-refractivity contribution in [2.75, 3.05) is 19.6 Å². The highest BCUT2D eigenvalue weighted by molar-refractivity contribution is 5.92. The molecule has 0 spiro atoms. The lowest BCUT2D eigenvalue weighted by Crippen LogP contribution is -2.32. The summed E-state index contributed by atoms with van der Waals surface area (Å²) >= 11 is 0. The summed E-state index contributed by atoms with van der Waals surface area (Å²) in [7, 11) is 0. The molecule has 1 aromatic heterocycles. The molecule has 0 aliphatic rings. The topological polar surface area (TPSA) is 54.0 Å². The molecule has 15 heavy (non-hydrogen) atoms. The number of aromatic nitrogens is 1. The summed E-state index contributed by atoms with van der Waals surface area (Å²) in [6, 6.07) is 5.30. The summed E-state index contributed by atoms with van der Waals surface area (Å²) in [6.07, 6.45) is 2.72. The SMILES string of the molecule is CCCNCCNC(=O)c1ccccn1. The Morgan fingerprint density at radius 2 is 2.20 bits per heavy atom. The normalized spacial score (nSPS) is 9.93. The highest BCUT2D eigenvalue weighted by atomic mass is 16.1. The van der Waals surface area contributed by atoms with Gasteiger partial charge in [0, 0.05) is 19.3 Å². The second-order valence-electron chi connectivity index (χ2n) is 3.22. The van der Waals surface area contributed by atoms with Crippen LogP contribution < -0.4 is 10.6 Å². The Balaban J connectivity index is 2.20. The molecule has 0 fully saturated rings. The van der Waals surface area contributed by atoms with Gasteiger partial charge in [0.25, 0.3) is 5.91 Å². The highest BCUT2D eigenvalue weighted by Crippen LogP contribution is 1.91. The molecule has 1 amide bonds. The Bertz CT molecular complexity index is 287. The fourth-order valence-corrected chi connectivity index (χ4v) is 1.15. The minimum absolute atomic E-state index is 0.117. The van der Waals surface area contributed by atoms with Gasteiger partial charge >= 0.3 is 0 Å². The van der Waals surface area contributed by atoms with Crippen molar-refractivity contribution in [3.8, 4) is 0 Å². The third kappa shape index (κ3) is 4.56. The second-order valence-corrected chi connectivity index (χ2v) is 3.22. The first-order valence-corrected chi connectivity index (χ1v) is 5.24. The van der Waals surface area contributed by atoms with Crippen LogP contribution in [0.4, 0.5) is 0 Å². The van der Waals surface area contributed by atoms with E-state index in [0.29, 0.717) is 12.2 Å². The fraction of sp³-hybridized carbons (Fsp3) is 0.455. The van der Waals surface area contributed by atoms with Crippen LogP contribution in [0, 0.1) is 0 Å². The Morgan fingerprint density at radius 3 is 2.87 bits per heavy atom. The van der Waals surface area contributed by atoms with E-state index in [0.717, 1.165) is 19.5 Å². The zero-order chi connectivity index (χ0) is 10.9. The predicted octanol–water partition coefficient (Wildman–Crippen LogP) is 0.811. The maximum atomic E-state index is 11.5. The van der Waals surface area contributed by atoms with E-state index in [1.165, 1.54) is 0 Å². The van der Waals surface area contributed by atoms with E-state index in [9.17, 15) is 4.79 Å². The Kier molecular flexibility index (Phi) is 5.40. The van der Waals surface area contributed by atoms with Crippen molar-refractivity contribution >= 4 is 5.91 Å². The number of nitrogens with zero attached hydrogens (tertiary/aromatic N) is 1. The minimum atomic E-state index is -0.117. The van der Waals surface area contributed by atoms with Gasteiger partial charge in [-0.05, 0) is 25.1 Å². The van der Waals surface area contributed by atoms with Crippen LogP contribution in [-0.2, 0) is 0 Å². The van der Waals surface area contributed by atoms with Crippen LogP contribution in [-0.4, -0.2) is 30.5 Å². The summed E-state index contributed by atoms with van der Waals surface area (Å²) in [5, 5.41) is 6.00. The van der Waals surface area contributed by atoms with Crippen LogP contribution in [0.15, 0.2) is 24.4 Å². The van der Waals surface area contributed by atoms with E-state index in [4.69, 9.17) is 0 Å². The van der Waals surface area contributed by atoms with Crippen LogP contribution in [0.2, 0.25) is 0 Å². The van der Waals surface area contributed by atoms with E-state index in [2.05, 4.69) is 22.5 Å². The zero-order valence-electron chi connectivity index (χ0n) is 8.99. The second kappa shape index (κ2) is 6.95. The number of hydrogen-bond acceptors (Lipinski definition) is 3. The molecule has 4 nitrogen and oxygen atoms in total.